The molecule has 0 atom stereocenters. The second kappa shape index (κ2) is 5.89. The quantitative estimate of drug-likeness (QED) is 0.874. The van der Waals surface area contributed by atoms with Crippen molar-refractivity contribution in [2.75, 3.05) is 18.5 Å². The van der Waals surface area contributed by atoms with Crippen LogP contribution in [0.1, 0.15) is 24.0 Å². The van der Waals surface area contributed by atoms with Crippen LogP contribution in [-0.4, -0.2) is 27.9 Å². The number of halogens is 1. The summed E-state index contributed by atoms with van der Waals surface area (Å²) in [4.78, 5) is 13.5. The number of nitrogens with zero attached hydrogens (tertiary/aromatic N) is 1. The summed E-state index contributed by atoms with van der Waals surface area (Å²) in [5.74, 6) is -0.349. The summed E-state index contributed by atoms with van der Waals surface area (Å²) in [7, 11) is -2.00. The number of hydrogen-bond donors (Lipinski definition) is 1. The maximum absolute atomic E-state index is 13.1. The van der Waals surface area contributed by atoms with Gasteiger partial charge in [-0.2, -0.15) is 0 Å². The van der Waals surface area contributed by atoms with Crippen LogP contribution in [0.25, 0.3) is 0 Å². The third-order valence-corrected chi connectivity index (χ3v) is 6.75. The molecule has 7 heteroatoms. The van der Waals surface area contributed by atoms with Gasteiger partial charge in [-0.1, -0.05) is 12.1 Å². The average molecular weight is 374 g/mol. The van der Waals surface area contributed by atoms with E-state index in [1.165, 1.54) is 23.1 Å². The summed E-state index contributed by atoms with van der Waals surface area (Å²) in [6.45, 7) is 0.275. The second-order valence-electron chi connectivity index (χ2n) is 7.03. The maximum atomic E-state index is 13.1. The van der Waals surface area contributed by atoms with E-state index in [-0.39, 0.29) is 35.0 Å². The van der Waals surface area contributed by atoms with E-state index in [1.54, 1.807) is 31.3 Å². The third kappa shape index (κ3) is 2.91. The molecule has 1 aliphatic carbocycles. The van der Waals surface area contributed by atoms with Crippen molar-refractivity contribution in [1.82, 2.24) is 4.72 Å². The lowest BCUT2D eigenvalue weighted by molar-refractivity contribution is -0.117. The van der Waals surface area contributed by atoms with E-state index < -0.39 is 10.0 Å². The summed E-state index contributed by atoms with van der Waals surface area (Å²) < 4.78 is 41.2. The Kier molecular flexibility index (Phi) is 3.89. The molecule has 0 unspecified atom stereocenters. The topological polar surface area (TPSA) is 66.5 Å². The lowest BCUT2D eigenvalue weighted by Crippen LogP contribution is -2.32. The van der Waals surface area contributed by atoms with E-state index in [0.29, 0.717) is 0 Å². The molecule has 136 valence electrons. The van der Waals surface area contributed by atoms with E-state index in [4.69, 9.17) is 0 Å². The molecule has 0 saturated heterocycles. The minimum atomic E-state index is -3.68. The zero-order valence-electron chi connectivity index (χ0n) is 14.3. The Bertz CT molecular complexity index is 982. The zero-order chi connectivity index (χ0) is 18.5. The molecule has 4 rings (SSSR count). The summed E-state index contributed by atoms with van der Waals surface area (Å²) >= 11 is 0. The molecule has 1 amide bonds. The van der Waals surface area contributed by atoms with Crippen LogP contribution >= 0.6 is 0 Å². The Labute approximate surface area is 151 Å². The van der Waals surface area contributed by atoms with Crippen LogP contribution in [0.2, 0.25) is 0 Å². The second-order valence-corrected chi connectivity index (χ2v) is 8.80. The van der Waals surface area contributed by atoms with E-state index >= 15 is 0 Å². The van der Waals surface area contributed by atoms with Crippen molar-refractivity contribution in [3.8, 4) is 0 Å². The van der Waals surface area contributed by atoms with Gasteiger partial charge in [-0.25, -0.2) is 17.5 Å². The van der Waals surface area contributed by atoms with Crippen molar-refractivity contribution in [3.05, 3.63) is 59.4 Å². The highest BCUT2D eigenvalue weighted by Crippen LogP contribution is 2.47. The summed E-state index contributed by atoms with van der Waals surface area (Å²) in [6, 6.07) is 11.0. The Morgan fingerprint density at radius 1 is 1.15 bits per heavy atom. The first-order valence-corrected chi connectivity index (χ1v) is 9.94. The van der Waals surface area contributed by atoms with E-state index in [9.17, 15) is 17.6 Å². The molecule has 0 aromatic heterocycles. The van der Waals surface area contributed by atoms with E-state index in [2.05, 4.69) is 4.72 Å². The smallest absolute Gasteiger partial charge is 0.240 e. The molecule has 5 nitrogen and oxygen atoms in total. The van der Waals surface area contributed by atoms with Gasteiger partial charge >= 0.3 is 0 Å². The van der Waals surface area contributed by atoms with Crippen molar-refractivity contribution in [3.63, 3.8) is 0 Å². The summed E-state index contributed by atoms with van der Waals surface area (Å²) in [5, 5.41) is 0. The van der Waals surface area contributed by atoms with Crippen LogP contribution in [0, 0.1) is 5.82 Å². The predicted molar refractivity (Wildman–Crippen MR) is 96.1 cm³/mol. The van der Waals surface area contributed by atoms with Gasteiger partial charge in [0.2, 0.25) is 15.9 Å². The number of anilines is 1. The number of hydrogen-bond acceptors (Lipinski definition) is 3. The van der Waals surface area contributed by atoms with E-state index in [1.807, 2.05) is 0 Å². The first-order chi connectivity index (χ1) is 12.3. The van der Waals surface area contributed by atoms with Gasteiger partial charge in [-0.15, -0.1) is 0 Å². The molecule has 1 fully saturated rings. The minimum absolute atomic E-state index is 0.0456. The lowest BCUT2D eigenvalue weighted by atomic mass is 9.96. The summed E-state index contributed by atoms with van der Waals surface area (Å²) in [5.41, 5.74) is 2.16. The largest absolute Gasteiger partial charge is 0.315 e. The Morgan fingerprint density at radius 2 is 1.85 bits per heavy atom. The highest BCUT2D eigenvalue weighted by molar-refractivity contribution is 7.89. The van der Waals surface area contributed by atoms with Crippen LogP contribution in [0.4, 0.5) is 10.1 Å². The SMILES string of the molecule is CN1C(=O)Cc2cc(S(=O)(=O)NCC3(c4ccc(F)cc4)CC3)ccc21. The summed E-state index contributed by atoms with van der Waals surface area (Å²) in [6.07, 6.45) is 1.95. The molecule has 1 N–H and O–H groups in total. The molecule has 0 bridgehead atoms. The molecular weight excluding hydrogens is 355 g/mol. The third-order valence-electron chi connectivity index (χ3n) is 5.35. The fourth-order valence-corrected chi connectivity index (χ4v) is 4.63. The number of amides is 1. The fourth-order valence-electron chi connectivity index (χ4n) is 3.45. The highest BCUT2D eigenvalue weighted by atomic mass is 32.2. The number of sulfonamides is 1. The number of fused-ring (bicyclic) bond motifs is 1. The number of likely N-dealkylation sites (N-methyl/N-ethyl adjacent to an activating group) is 1. The molecule has 1 aliphatic heterocycles. The van der Waals surface area contributed by atoms with Gasteiger partial charge in [-0.3, -0.25) is 4.79 Å². The van der Waals surface area contributed by atoms with Gasteiger partial charge < -0.3 is 4.90 Å². The van der Waals surface area contributed by atoms with Gasteiger partial charge in [0.1, 0.15) is 5.82 Å². The lowest BCUT2D eigenvalue weighted by Gasteiger charge is -2.17. The van der Waals surface area contributed by atoms with Crippen LogP contribution in [0.5, 0.6) is 0 Å². The van der Waals surface area contributed by atoms with Crippen molar-refractivity contribution in [2.45, 2.75) is 29.6 Å². The van der Waals surface area contributed by atoms with Gasteiger partial charge in [0.15, 0.2) is 0 Å². The minimum Gasteiger partial charge on any atom is -0.315 e. The number of carbonyl (C=O) groups is 1. The fraction of sp³-hybridized carbons (Fsp3) is 0.316. The Hall–Kier alpha value is -2.25. The number of benzene rings is 2. The zero-order valence-corrected chi connectivity index (χ0v) is 15.1. The molecule has 1 saturated carbocycles. The molecule has 2 aromatic rings. The van der Waals surface area contributed by atoms with Crippen LogP contribution < -0.4 is 9.62 Å². The molecule has 2 aliphatic rings. The van der Waals surface area contributed by atoms with Crippen molar-refractivity contribution in [2.24, 2.45) is 0 Å². The van der Waals surface area contributed by atoms with Crippen molar-refractivity contribution >= 4 is 21.6 Å². The first kappa shape index (κ1) is 17.2. The molecule has 1 heterocycles. The number of carbonyl (C=O) groups excluding carboxylic acids is 1. The standard InChI is InChI=1S/C19H19FN2O3S/c1-22-17-7-6-16(10-13(17)11-18(22)23)26(24,25)21-12-19(8-9-19)14-2-4-15(20)5-3-14/h2-7,10,21H,8-9,11-12H2,1H3. The maximum Gasteiger partial charge on any atom is 0.240 e. The number of rotatable bonds is 5. The van der Waals surface area contributed by atoms with Gasteiger partial charge in [0.05, 0.1) is 11.3 Å². The van der Waals surface area contributed by atoms with Crippen molar-refractivity contribution in [1.29, 1.82) is 0 Å². The van der Waals surface area contributed by atoms with Crippen LogP contribution in [-0.2, 0) is 26.7 Å². The molecule has 0 spiro atoms. The number of nitrogens with one attached hydrogen (secondary N) is 1. The van der Waals surface area contributed by atoms with Gasteiger partial charge in [0, 0.05) is 24.7 Å². The van der Waals surface area contributed by atoms with Crippen molar-refractivity contribution < 1.29 is 17.6 Å². The first-order valence-electron chi connectivity index (χ1n) is 8.46. The van der Waals surface area contributed by atoms with Gasteiger partial charge in [-0.05, 0) is 54.3 Å². The van der Waals surface area contributed by atoms with Crippen LogP contribution in [0.3, 0.4) is 0 Å². The Morgan fingerprint density at radius 3 is 2.50 bits per heavy atom. The van der Waals surface area contributed by atoms with E-state index in [0.717, 1.165) is 29.7 Å². The Balaban J connectivity index is 1.53. The van der Waals surface area contributed by atoms with Gasteiger partial charge in [0.25, 0.3) is 0 Å². The molecule has 26 heavy (non-hydrogen) atoms. The molecule has 0 radical (unpaired) electrons. The normalized spacial score (nSPS) is 18.1. The van der Waals surface area contributed by atoms with Crippen LogP contribution in [0.15, 0.2) is 47.4 Å². The predicted octanol–water partition coefficient (Wildman–Crippen LogP) is 2.35. The average Bonchev–Trinajstić information content (AvgIpc) is 3.35. The monoisotopic (exact) mass is 374 g/mol. The highest BCUT2D eigenvalue weighted by Gasteiger charge is 2.44. The molecule has 2 aromatic carbocycles. The molecular formula is C19H19FN2O3S.